The van der Waals surface area contributed by atoms with E-state index in [2.05, 4.69) is 28.8 Å². The van der Waals surface area contributed by atoms with Crippen LogP contribution in [0, 0.1) is 0 Å². The molecule has 0 aliphatic carbocycles. The molecule has 1 fully saturated rings. The van der Waals surface area contributed by atoms with E-state index in [1.54, 1.807) is 12.5 Å². The zero-order chi connectivity index (χ0) is 13.0. The number of aromatic nitrogens is 2. The molecule has 0 bridgehead atoms. The summed E-state index contributed by atoms with van der Waals surface area (Å²) in [5.41, 5.74) is 1.01. The van der Waals surface area contributed by atoms with Gasteiger partial charge in [-0.15, -0.1) is 0 Å². The number of carbonyl (C=O) groups is 1. The Hall–Kier alpha value is -1.49. The first kappa shape index (κ1) is 13.0. The lowest BCUT2D eigenvalue weighted by Crippen LogP contribution is -2.35. The van der Waals surface area contributed by atoms with Crippen LogP contribution in [0.3, 0.4) is 0 Å². The Bertz CT molecular complexity index is 395. The standard InChI is InChI=1S/C13H20N4O/c1-11(12-5-6-14-10-15-12)16(2)8-9-17-7-3-4-13(17)18/h5-6,10-11H,3-4,7-9H2,1-2H3. The number of likely N-dealkylation sites (N-methyl/N-ethyl adjacent to an activating group) is 1. The monoisotopic (exact) mass is 248 g/mol. The minimum atomic E-state index is 0.241. The Balaban J connectivity index is 1.84. The average molecular weight is 248 g/mol. The van der Waals surface area contributed by atoms with Crippen molar-refractivity contribution in [2.24, 2.45) is 0 Å². The van der Waals surface area contributed by atoms with Crippen LogP contribution >= 0.6 is 0 Å². The first-order valence-corrected chi connectivity index (χ1v) is 6.42. The summed E-state index contributed by atoms with van der Waals surface area (Å²) in [7, 11) is 2.06. The van der Waals surface area contributed by atoms with Crippen LogP contribution in [-0.4, -0.2) is 52.4 Å². The van der Waals surface area contributed by atoms with Crippen LogP contribution in [0.4, 0.5) is 0 Å². The van der Waals surface area contributed by atoms with Crippen molar-refractivity contribution in [3.05, 3.63) is 24.3 Å². The number of carbonyl (C=O) groups excluding carboxylic acids is 1. The Kier molecular flexibility index (Phi) is 4.25. The molecule has 1 saturated heterocycles. The number of hydrogen-bond donors (Lipinski definition) is 0. The molecule has 1 amide bonds. The van der Waals surface area contributed by atoms with Crippen molar-refractivity contribution in [2.75, 3.05) is 26.7 Å². The molecule has 5 nitrogen and oxygen atoms in total. The van der Waals surface area contributed by atoms with E-state index in [9.17, 15) is 4.79 Å². The van der Waals surface area contributed by atoms with Gasteiger partial charge in [-0.25, -0.2) is 9.97 Å². The SMILES string of the molecule is CC(c1ccncn1)N(C)CCN1CCCC1=O. The summed E-state index contributed by atoms with van der Waals surface area (Å²) in [6, 6.07) is 2.17. The highest BCUT2D eigenvalue weighted by Gasteiger charge is 2.21. The van der Waals surface area contributed by atoms with Gasteiger partial charge < -0.3 is 4.90 Å². The van der Waals surface area contributed by atoms with E-state index in [1.807, 2.05) is 11.0 Å². The molecule has 1 atom stereocenters. The molecule has 1 aliphatic heterocycles. The molecule has 1 aromatic heterocycles. The second-order valence-corrected chi connectivity index (χ2v) is 4.78. The maximum absolute atomic E-state index is 11.5. The molecule has 98 valence electrons. The second kappa shape index (κ2) is 5.91. The van der Waals surface area contributed by atoms with Crippen LogP contribution < -0.4 is 0 Å². The fourth-order valence-corrected chi connectivity index (χ4v) is 2.19. The molecule has 1 aliphatic rings. The summed E-state index contributed by atoms with van der Waals surface area (Å²) in [6.45, 7) is 4.71. The summed E-state index contributed by atoms with van der Waals surface area (Å²) in [4.78, 5) is 23.9. The zero-order valence-electron chi connectivity index (χ0n) is 11.0. The van der Waals surface area contributed by atoms with Crippen molar-refractivity contribution < 1.29 is 4.79 Å². The van der Waals surface area contributed by atoms with E-state index in [-0.39, 0.29) is 11.9 Å². The Labute approximate surface area is 108 Å². The highest BCUT2D eigenvalue weighted by molar-refractivity contribution is 5.78. The van der Waals surface area contributed by atoms with Gasteiger partial charge in [0.25, 0.3) is 0 Å². The Morgan fingerprint density at radius 2 is 2.39 bits per heavy atom. The van der Waals surface area contributed by atoms with Gasteiger partial charge in [0, 0.05) is 38.3 Å². The normalized spacial score (nSPS) is 17.5. The third kappa shape index (κ3) is 3.04. The smallest absolute Gasteiger partial charge is 0.222 e. The number of likely N-dealkylation sites (tertiary alicyclic amines) is 1. The molecule has 0 N–H and O–H groups in total. The number of hydrogen-bond acceptors (Lipinski definition) is 4. The van der Waals surface area contributed by atoms with Crippen molar-refractivity contribution in [3.8, 4) is 0 Å². The van der Waals surface area contributed by atoms with Gasteiger partial charge >= 0.3 is 0 Å². The molecule has 2 heterocycles. The quantitative estimate of drug-likeness (QED) is 0.782. The largest absolute Gasteiger partial charge is 0.341 e. The lowest BCUT2D eigenvalue weighted by Gasteiger charge is -2.26. The molecule has 0 saturated carbocycles. The lowest BCUT2D eigenvalue weighted by molar-refractivity contribution is -0.127. The lowest BCUT2D eigenvalue weighted by atomic mass is 10.2. The highest BCUT2D eigenvalue weighted by Crippen LogP contribution is 2.16. The van der Waals surface area contributed by atoms with Gasteiger partial charge in [-0.1, -0.05) is 0 Å². The molecular weight excluding hydrogens is 228 g/mol. The van der Waals surface area contributed by atoms with Crippen LogP contribution in [0.5, 0.6) is 0 Å². The van der Waals surface area contributed by atoms with Crippen molar-refractivity contribution in [2.45, 2.75) is 25.8 Å². The summed E-state index contributed by atoms with van der Waals surface area (Å²) in [5, 5.41) is 0. The molecule has 0 aromatic carbocycles. The van der Waals surface area contributed by atoms with Crippen LogP contribution in [0.2, 0.25) is 0 Å². The van der Waals surface area contributed by atoms with Crippen LogP contribution in [0.15, 0.2) is 18.6 Å². The van der Waals surface area contributed by atoms with E-state index in [1.165, 1.54) is 0 Å². The fraction of sp³-hybridized carbons (Fsp3) is 0.615. The summed E-state index contributed by atoms with van der Waals surface area (Å²) in [6.07, 6.45) is 5.05. The van der Waals surface area contributed by atoms with Crippen LogP contribution in [0.25, 0.3) is 0 Å². The van der Waals surface area contributed by atoms with Gasteiger partial charge in [-0.2, -0.15) is 0 Å². The van der Waals surface area contributed by atoms with Gasteiger partial charge in [0.15, 0.2) is 0 Å². The van der Waals surface area contributed by atoms with Gasteiger partial charge in [-0.3, -0.25) is 9.69 Å². The molecule has 18 heavy (non-hydrogen) atoms. The van der Waals surface area contributed by atoms with E-state index in [4.69, 9.17) is 0 Å². The summed E-state index contributed by atoms with van der Waals surface area (Å²) >= 11 is 0. The van der Waals surface area contributed by atoms with Crippen molar-refractivity contribution in [1.29, 1.82) is 0 Å². The first-order valence-electron chi connectivity index (χ1n) is 6.42. The molecule has 2 rings (SSSR count). The molecule has 1 unspecified atom stereocenters. The maximum Gasteiger partial charge on any atom is 0.222 e. The first-order chi connectivity index (χ1) is 8.68. The van der Waals surface area contributed by atoms with Gasteiger partial charge in [-0.05, 0) is 26.5 Å². The van der Waals surface area contributed by atoms with Crippen LogP contribution in [0.1, 0.15) is 31.5 Å². The van der Waals surface area contributed by atoms with E-state index in [0.717, 1.165) is 31.7 Å². The number of rotatable bonds is 5. The van der Waals surface area contributed by atoms with Crippen LogP contribution in [-0.2, 0) is 4.79 Å². The van der Waals surface area contributed by atoms with E-state index >= 15 is 0 Å². The Morgan fingerprint density at radius 1 is 1.56 bits per heavy atom. The summed E-state index contributed by atoms with van der Waals surface area (Å²) < 4.78 is 0. The van der Waals surface area contributed by atoms with Crippen molar-refractivity contribution in [1.82, 2.24) is 19.8 Å². The fourth-order valence-electron chi connectivity index (χ4n) is 2.19. The summed E-state index contributed by atoms with van der Waals surface area (Å²) in [5.74, 6) is 0.290. The molecule has 0 spiro atoms. The number of nitrogens with zero attached hydrogens (tertiary/aromatic N) is 4. The van der Waals surface area contributed by atoms with E-state index in [0.29, 0.717) is 6.42 Å². The van der Waals surface area contributed by atoms with Crippen molar-refractivity contribution in [3.63, 3.8) is 0 Å². The highest BCUT2D eigenvalue weighted by atomic mass is 16.2. The second-order valence-electron chi connectivity index (χ2n) is 4.78. The van der Waals surface area contributed by atoms with Gasteiger partial charge in [0.2, 0.25) is 5.91 Å². The minimum Gasteiger partial charge on any atom is -0.341 e. The molecule has 5 heteroatoms. The van der Waals surface area contributed by atoms with Crippen molar-refractivity contribution >= 4 is 5.91 Å². The topological polar surface area (TPSA) is 49.3 Å². The van der Waals surface area contributed by atoms with Gasteiger partial charge in [0.1, 0.15) is 6.33 Å². The minimum absolute atomic E-state index is 0.241. The average Bonchev–Trinajstić information content (AvgIpc) is 2.81. The zero-order valence-corrected chi connectivity index (χ0v) is 11.0. The maximum atomic E-state index is 11.5. The molecular formula is C13H20N4O. The van der Waals surface area contributed by atoms with Gasteiger partial charge in [0.05, 0.1) is 5.69 Å². The van der Waals surface area contributed by atoms with E-state index < -0.39 is 0 Å². The predicted molar refractivity (Wildman–Crippen MR) is 68.9 cm³/mol. The predicted octanol–water partition coefficient (Wildman–Crippen LogP) is 1.09. The molecule has 1 aromatic rings. The third-order valence-corrected chi connectivity index (χ3v) is 3.59. The number of amides is 1. The third-order valence-electron chi connectivity index (χ3n) is 3.59. The Morgan fingerprint density at radius 3 is 3.00 bits per heavy atom. The molecule has 0 radical (unpaired) electrons.